The minimum absolute atomic E-state index is 0.0761. The summed E-state index contributed by atoms with van der Waals surface area (Å²) in [6.07, 6.45) is 0.667. The first kappa shape index (κ1) is 22.9. The number of fused-ring (bicyclic) bond motifs is 1. The van der Waals surface area contributed by atoms with Gasteiger partial charge in [-0.2, -0.15) is 5.10 Å². The highest BCUT2D eigenvalue weighted by atomic mass is 35.5. The lowest BCUT2D eigenvalue weighted by Gasteiger charge is -2.23. The fourth-order valence-corrected chi connectivity index (χ4v) is 4.17. The third-order valence-corrected chi connectivity index (χ3v) is 6.06. The van der Waals surface area contributed by atoms with Crippen LogP contribution in [0.2, 0.25) is 5.02 Å². The molecule has 1 fully saturated rings. The third-order valence-electron chi connectivity index (χ3n) is 5.70. The minimum Gasteiger partial charge on any atom is -0.481 e. The number of carbonyl (C=O) groups is 1. The first-order chi connectivity index (χ1) is 16.9. The van der Waals surface area contributed by atoms with Crippen LogP contribution in [0.15, 0.2) is 47.5 Å². The number of nitrogens with zero attached hydrogens (tertiary/aromatic N) is 3. The van der Waals surface area contributed by atoms with E-state index in [0.29, 0.717) is 40.9 Å². The van der Waals surface area contributed by atoms with Gasteiger partial charge in [-0.25, -0.2) is 19.5 Å². The number of H-pyrrole nitrogens is 1. The van der Waals surface area contributed by atoms with Gasteiger partial charge in [0, 0.05) is 35.0 Å². The lowest BCUT2D eigenvalue weighted by Crippen LogP contribution is -2.39. The van der Waals surface area contributed by atoms with Gasteiger partial charge in [0.15, 0.2) is 6.10 Å². The molecule has 9 nitrogen and oxygen atoms in total. The number of hydrogen-bond donors (Lipinski definition) is 2. The molecule has 0 saturated carbocycles. The van der Waals surface area contributed by atoms with Crippen molar-refractivity contribution in [2.24, 2.45) is 0 Å². The lowest BCUT2D eigenvalue weighted by molar-refractivity contribution is -0.138. The molecule has 2 aromatic heterocycles. The molecule has 35 heavy (non-hydrogen) atoms. The van der Waals surface area contributed by atoms with Crippen LogP contribution in [0.4, 0.5) is 4.39 Å². The van der Waals surface area contributed by atoms with Crippen LogP contribution in [0.25, 0.3) is 22.2 Å². The monoisotopic (exact) mass is 495 g/mol. The molecule has 0 aliphatic carbocycles. The molecule has 5 rings (SSSR count). The zero-order valence-corrected chi connectivity index (χ0v) is 19.2. The van der Waals surface area contributed by atoms with E-state index in [2.05, 4.69) is 25.5 Å². The van der Waals surface area contributed by atoms with Gasteiger partial charge < -0.3 is 14.8 Å². The molecular formula is C24H19ClFN5O4. The van der Waals surface area contributed by atoms with Crippen LogP contribution in [0, 0.1) is 5.82 Å². The number of ether oxygens (including phenoxy) is 2. The van der Waals surface area contributed by atoms with Crippen LogP contribution in [0.1, 0.15) is 22.9 Å². The van der Waals surface area contributed by atoms with Crippen LogP contribution in [-0.2, 0) is 16.0 Å². The minimum atomic E-state index is -0.736. The van der Waals surface area contributed by atoms with Crippen LogP contribution in [0.3, 0.4) is 0 Å². The van der Waals surface area contributed by atoms with E-state index in [1.807, 2.05) is 0 Å². The largest absolute Gasteiger partial charge is 0.481 e. The summed E-state index contributed by atoms with van der Waals surface area (Å²) in [5, 5.41) is 10.2. The van der Waals surface area contributed by atoms with E-state index in [1.54, 1.807) is 24.3 Å². The maximum atomic E-state index is 15.1. The summed E-state index contributed by atoms with van der Waals surface area (Å²) < 4.78 is 25.6. The van der Waals surface area contributed by atoms with Gasteiger partial charge in [0.2, 0.25) is 11.3 Å². The molecule has 3 heterocycles. The lowest BCUT2D eigenvalue weighted by atomic mass is 9.99. The zero-order chi connectivity index (χ0) is 24.5. The van der Waals surface area contributed by atoms with Crippen molar-refractivity contribution in [2.75, 3.05) is 20.3 Å². The second kappa shape index (κ2) is 9.40. The van der Waals surface area contributed by atoms with Crippen LogP contribution < -0.4 is 15.5 Å². The summed E-state index contributed by atoms with van der Waals surface area (Å²) in [4.78, 5) is 33.1. The third kappa shape index (κ3) is 4.45. The predicted octanol–water partition coefficient (Wildman–Crippen LogP) is 2.96. The normalized spacial score (nSPS) is 15.7. The summed E-state index contributed by atoms with van der Waals surface area (Å²) in [7, 11) is 1.42. The summed E-state index contributed by atoms with van der Waals surface area (Å²) >= 11 is 6.30. The van der Waals surface area contributed by atoms with Crippen molar-refractivity contribution in [1.29, 1.82) is 0 Å². The average Bonchev–Trinajstić information content (AvgIpc) is 2.86. The Kier molecular flexibility index (Phi) is 6.14. The molecule has 11 heteroatoms. The summed E-state index contributed by atoms with van der Waals surface area (Å²) in [5.74, 6) is -0.567. The molecule has 1 saturated heterocycles. The Balaban J connectivity index is 1.55. The molecule has 1 aliphatic heterocycles. The summed E-state index contributed by atoms with van der Waals surface area (Å²) in [6.45, 7) is 0.874. The van der Waals surface area contributed by atoms with Crippen molar-refractivity contribution < 1.29 is 18.7 Å². The van der Waals surface area contributed by atoms with Gasteiger partial charge in [-0.3, -0.25) is 9.59 Å². The second-order valence-electron chi connectivity index (χ2n) is 7.89. The van der Waals surface area contributed by atoms with E-state index in [1.165, 1.54) is 25.6 Å². The fourth-order valence-electron chi connectivity index (χ4n) is 3.95. The Morgan fingerprint density at radius 2 is 2.06 bits per heavy atom. The number of aromatic nitrogens is 4. The Morgan fingerprint density at radius 1 is 1.20 bits per heavy atom. The van der Waals surface area contributed by atoms with Crippen molar-refractivity contribution in [3.63, 3.8) is 0 Å². The molecule has 0 bridgehead atoms. The second-order valence-corrected chi connectivity index (χ2v) is 8.30. The predicted molar refractivity (Wildman–Crippen MR) is 126 cm³/mol. The maximum Gasteiger partial charge on any atom is 0.253 e. The number of aromatic amines is 1. The van der Waals surface area contributed by atoms with Gasteiger partial charge in [-0.05, 0) is 29.3 Å². The van der Waals surface area contributed by atoms with Gasteiger partial charge >= 0.3 is 0 Å². The molecule has 0 radical (unpaired) electrons. The molecule has 4 aromatic rings. The van der Waals surface area contributed by atoms with Gasteiger partial charge in [-0.15, -0.1) is 0 Å². The first-order valence-electron chi connectivity index (χ1n) is 10.7. The highest BCUT2D eigenvalue weighted by Crippen LogP contribution is 2.33. The highest BCUT2D eigenvalue weighted by molar-refractivity contribution is 6.31. The van der Waals surface area contributed by atoms with Crippen LogP contribution in [0.5, 0.6) is 5.88 Å². The smallest absolute Gasteiger partial charge is 0.253 e. The number of methoxy groups -OCH3 is 1. The Hall–Kier alpha value is -3.89. The maximum absolute atomic E-state index is 15.1. The number of hydrogen-bond acceptors (Lipinski definition) is 7. The van der Waals surface area contributed by atoms with Gasteiger partial charge in [0.1, 0.15) is 17.8 Å². The van der Waals surface area contributed by atoms with E-state index in [9.17, 15) is 9.59 Å². The quantitative estimate of drug-likeness (QED) is 0.437. The standard InChI is InChI=1S/C24H19ClFN5O4/c1-34-21-10-20(32)19(30-31-21)8-13-6-15(17(26)9-16(13)25)22-14-3-2-12(7-18(14)28-11-29-22)23-24(33)27-4-5-35-23/h2-3,6-7,9-11,23H,4-5,8H2,1H3,(H,27,33)(H,31,32). The van der Waals surface area contributed by atoms with E-state index in [0.717, 1.165) is 0 Å². The Morgan fingerprint density at radius 3 is 2.83 bits per heavy atom. The SMILES string of the molecule is COc1cc(=O)c(Cc2cc(-c3ncnc4cc(C5OCCNC5=O)ccc34)c(F)cc2Cl)n[nH]1. The Labute approximate surface area is 203 Å². The van der Waals surface area contributed by atoms with Crippen molar-refractivity contribution in [3.8, 4) is 17.1 Å². The van der Waals surface area contributed by atoms with Gasteiger partial charge in [-0.1, -0.05) is 23.7 Å². The van der Waals surface area contributed by atoms with E-state index >= 15 is 4.39 Å². The van der Waals surface area contributed by atoms with Crippen LogP contribution >= 0.6 is 11.6 Å². The average molecular weight is 496 g/mol. The number of rotatable bonds is 5. The molecule has 2 aromatic carbocycles. The number of halogens is 2. The molecular weight excluding hydrogens is 477 g/mol. The molecule has 178 valence electrons. The molecule has 1 unspecified atom stereocenters. The number of morpholine rings is 1. The molecule has 1 atom stereocenters. The van der Waals surface area contributed by atoms with Gasteiger partial charge in [0.25, 0.3) is 5.91 Å². The number of nitrogens with one attached hydrogen (secondary N) is 2. The fraction of sp³-hybridized carbons (Fsp3) is 0.208. The number of benzene rings is 2. The van der Waals surface area contributed by atoms with Crippen LogP contribution in [-0.4, -0.2) is 46.3 Å². The zero-order valence-electron chi connectivity index (χ0n) is 18.5. The van der Waals surface area contributed by atoms with Crippen molar-refractivity contribution >= 4 is 28.4 Å². The van der Waals surface area contributed by atoms with E-state index < -0.39 is 11.9 Å². The van der Waals surface area contributed by atoms with Crippen molar-refractivity contribution in [1.82, 2.24) is 25.5 Å². The first-order valence-corrected chi connectivity index (χ1v) is 11.1. The highest BCUT2D eigenvalue weighted by Gasteiger charge is 2.25. The van der Waals surface area contributed by atoms with Gasteiger partial charge in [0.05, 0.1) is 24.9 Å². The molecule has 2 N–H and O–H groups in total. The Bertz CT molecular complexity index is 1510. The topological polar surface area (TPSA) is 119 Å². The van der Waals surface area contributed by atoms with E-state index in [4.69, 9.17) is 21.1 Å². The molecule has 1 amide bonds. The summed E-state index contributed by atoms with van der Waals surface area (Å²) in [5.41, 5.74) is 2.08. The summed E-state index contributed by atoms with van der Waals surface area (Å²) in [6, 6.07) is 9.22. The number of amides is 1. The number of carbonyl (C=O) groups excluding carboxylic acids is 1. The molecule has 0 spiro atoms. The van der Waals surface area contributed by atoms with Crippen molar-refractivity contribution in [3.05, 3.63) is 80.6 Å². The van der Waals surface area contributed by atoms with E-state index in [-0.39, 0.29) is 39.9 Å². The van der Waals surface area contributed by atoms with Crippen molar-refractivity contribution in [2.45, 2.75) is 12.5 Å². The molecule has 1 aliphatic rings.